The van der Waals surface area contributed by atoms with Crippen LogP contribution in [0.5, 0.6) is 11.5 Å². The van der Waals surface area contributed by atoms with Crippen LogP contribution in [0.4, 0.5) is 0 Å². The van der Waals surface area contributed by atoms with Crippen LogP contribution in [0.2, 0.25) is 0 Å². The summed E-state index contributed by atoms with van der Waals surface area (Å²) in [6.45, 7) is 2.10. The summed E-state index contributed by atoms with van der Waals surface area (Å²) in [6, 6.07) is 4.99. The highest BCUT2D eigenvalue weighted by atomic mass is 16.5. The zero-order chi connectivity index (χ0) is 14.4. The highest BCUT2D eigenvalue weighted by Crippen LogP contribution is 2.26. The molecule has 0 spiro atoms. The van der Waals surface area contributed by atoms with Gasteiger partial charge in [-0.15, -0.1) is 0 Å². The Morgan fingerprint density at radius 3 is 2.74 bits per heavy atom. The maximum absolute atomic E-state index is 11.8. The molecule has 0 fully saturated rings. The molecule has 1 aromatic rings. The third kappa shape index (κ3) is 4.79. The van der Waals surface area contributed by atoms with Crippen molar-refractivity contribution < 1.29 is 19.7 Å². The van der Waals surface area contributed by atoms with Gasteiger partial charge >= 0.3 is 0 Å². The van der Waals surface area contributed by atoms with Gasteiger partial charge in [-0.3, -0.25) is 4.79 Å². The Balaban J connectivity index is 2.61. The number of amides is 1. The van der Waals surface area contributed by atoms with Crippen LogP contribution in [-0.4, -0.2) is 41.3 Å². The van der Waals surface area contributed by atoms with Crippen LogP contribution < -0.4 is 4.74 Å². The largest absolute Gasteiger partial charge is 0.504 e. The summed E-state index contributed by atoms with van der Waals surface area (Å²) >= 11 is 0. The number of benzene rings is 1. The summed E-state index contributed by atoms with van der Waals surface area (Å²) < 4.78 is 5.02. The van der Waals surface area contributed by atoms with Gasteiger partial charge in [-0.1, -0.05) is 6.07 Å². The van der Waals surface area contributed by atoms with E-state index in [1.165, 1.54) is 7.11 Å². The normalized spacial score (nSPS) is 12.0. The average Bonchev–Trinajstić information content (AvgIpc) is 2.37. The molecule has 0 aliphatic carbocycles. The standard InChI is InChI=1S/C14H21NO4/c1-10(16)4-7-14(18)15(2)9-11-5-6-12(17)13(8-11)19-3/h5-6,8,10,16-17H,4,7,9H2,1-3H3. The number of phenols is 1. The molecule has 5 heteroatoms. The van der Waals surface area contributed by atoms with Gasteiger partial charge in [0.1, 0.15) is 0 Å². The van der Waals surface area contributed by atoms with Gasteiger partial charge in [-0.05, 0) is 31.0 Å². The number of aromatic hydroxyl groups is 1. The minimum atomic E-state index is -0.467. The highest BCUT2D eigenvalue weighted by molar-refractivity contribution is 5.75. The van der Waals surface area contributed by atoms with Crippen molar-refractivity contribution >= 4 is 5.91 Å². The second kappa shape index (κ2) is 6.99. The van der Waals surface area contributed by atoms with Crippen LogP contribution in [-0.2, 0) is 11.3 Å². The van der Waals surface area contributed by atoms with E-state index in [0.29, 0.717) is 25.1 Å². The Morgan fingerprint density at radius 2 is 2.16 bits per heavy atom. The molecule has 106 valence electrons. The lowest BCUT2D eigenvalue weighted by Crippen LogP contribution is -2.26. The highest BCUT2D eigenvalue weighted by Gasteiger charge is 2.11. The number of ether oxygens (including phenoxy) is 1. The number of aliphatic hydroxyl groups is 1. The van der Waals surface area contributed by atoms with Gasteiger partial charge in [-0.2, -0.15) is 0 Å². The maximum Gasteiger partial charge on any atom is 0.222 e. The molecule has 0 saturated carbocycles. The summed E-state index contributed by atoms with van der Waals surface area (Å²) in [7, 11) is 3.19. The number of carbonyl (C=O) groups excluding carboxylic acids is 1. The van der Waals surface area contributed by atoms with Crippen molar-refractivity contribution in [3.05, 3.63) is 23.8 Å². The first kappa shape index (κ1) is 15.3. The zero-order valence-electron chi connectivity index (χ0n) is 11.6. The minimum absolute atomic E-state index is 0.0204. The average molecular weight is 267 g/mol. The van der Waals surface area contributed by atoms with E-state index in [1.807, 2.05) is 0 Å². The Bertz CT molecular complexity index is 431. The van der Waals surface area contributed by atoms with Crippen LogP contribution in [0.3, 0.4) is 0 Å². The Hall–Kier alpha value is -1.75. The number of carbonyl (C=O) groups is 1. The molecule has 0 aliphatic rings. The monoisotopic (exact) mass is 267 g/mol. The van der Waals surface area contributed by atoms with E-state index in [-0.39, 0.29) is 11.7 Å². The number of phenolic OH excluding ortho intramolecular Hbond substituents is 1. The molecular weight excluding hydrogens is 246 g/mol. The summed E-state index contributed by atoms with van der Waals surface area (Å²) in [5.41, 5.74) is 0.877. The lowest BCUT2D eigenvalue weighted by atomic mass is 10.1. The van der Waals surface area contributed by atoms with E-state index < -0.39 is 6.10 Å². The summed E-state index contributed by atoms with van der Waals surface area (Å²) in [5, 5.41) is 18.6. The predicted octanol–water partition coefficient (Wildman–Crippen LogP) is 1.52. The van der Waals surface area contributed by atoms with Crippen LogP contribution in [0.1, 0.15) is 25.3 Å². The van der Waals surface area contributed by atoms with E-state index in [9.17, 15) is 9.90 Å². The number of hydrogen-bond acceptors (Lipinski definition) is 4. The number of methoxy groups -OCH3 is 1. The zero-order valence-corrected chi connectivity index (χ0v) is 11.6. The second-order valence-electron chi connectivity index (χ2n) is 4.64. The van der Waals surface area contributed by atoms with E-state index in [0.717, 1.165) is 5.56 Å². The van der Waals surface area contributed by atoms with E-state index >= 15 is 0 Å². The summed E-state index contributed by atoms with van der Waals surface area (Å²) in [5.74, 6) is 0.449. The fourth-order valence-electron chi connectivity index (χ4n) is 1.71. The minimum Gasteiger partial charge on any atom is -0.504 e. The van der Waals surface area contributed by atoms with Gasteiger partial charge in [-0.25, -0.2) is 0 Å². The van der Waals surface area contributed by atoms with Crippen molar-refractivity contribution in [3.8, 4) is 11.5 Å². The molecule has 0 saturated heterocycles. The molecule has 0 radical (unpaired) electrons. The van der Waals surface area contributed by atoms with Crippen molar-refractivity contribution in [1.29, 1.82) is 0 Å². The van der Waals surface area contributed by atoms with Crippen molar-refractivity contribution in [2.45, 2.75) is 32.4 Å². The van der Waals surface area contributed by atoms with E-state index in [4.69, 9.17) is 9.84 Å². The molecular formula is C14H21NO4. The topological polar surface area (TPSA) is 70.0 Å². The number of aliphatic hydroxyl groups excluding tert-OH is 1. The van der Waals surface area contributed by atoms with Crippen molar-refractivity contribution in [3.63, 3.8) is 0 Å². The molecule has 19 heavy (non-hydrogen) atoms. The van der Waals surface area contributed by atoms with E-state index in [2.05, 4.69) is 0 Å². The van der Waals surface area contributed by atoms with Gasteiger partial charge in [0, 0.05) is 20.0 Å². The Labute approximate surface area is 113 Å². The molecule has 1 aromatic carbocycles. The molecule has 1 amide bonds. The van der Waals surface area contributed by atoms with Gasteiger partial charge in [0.15, 0.2) is 11.5 Å². The smallest absolute Gasteiger partial charge is 0.222 e. The molecule has 1 unspecified atom stereocenters. The summed E-state index contributed by atoms with van der Waals surface area (Å²) in [4.78, 5) is 13.4. The lowest BCUT2D eigenvalue weighted by Gasteiger charge is -2.18. The molecule has 0 heterocycles. The molecule has 1 atom stereocenters. The first-order chi connectivity index (χ1) is 8.93. The lowest BCUT2D eigenvalue weighted by molar-refractivity contribution is -0.131. The molecule has 0 aromatic heterocycles. The fourth-order valence-corrected chi connectivity index (χ4v) is 1.71. The summed E-state index contributed by atoms with van der Waals surface area (Å²) in [6.07, 6.45) is 0.317. The fraction of sp³-hybridized carbons (Fsp3) is 0.500. The molecule has 0 bridgehead atoms. The van der Waals surface area contributed by atoms with Gasteiger partial charge in [0.2, 0.25) is 5.91 Å². The Morgan fingerprint density at radius 1 is 1.47 bits per heavy atom. The SMILES string of the molecule is COc1cc(CN(C)C(=O)CCC(C)O)ccc1O. The third-order valence-electron chi connectivity index (χ3n) is 2.87. The number of nitrogens with zero attached hydrogens (tertiary/aromatic N) is 1. The second-order valence-corrected chi connectivity index (χ2v) is 4.64. The predicted molar refractivity (Wildman–Crippen MR) is 72.0 cm³/mol. The molecule has 2 N–H and O–H groups in total. The van der Waals surface area contributed by atoms with Crippen molar-refractivity contribution in [2.75, 3.05) is 14.2 Å². The first-order valence-corrected chi connectivity index (χ1v) is 6.22. The van der Waals surface area contributed by atoms with Gasteiger partial charge in [0.25, 0.3) is 0 Å². The quantitative estimate of drug-likeness (QED) is 0.820. The van der Waals surface area contributed by atoms with E-state index in [1.54, 1.807) is 37.1 Å². The number of hydrogen-bond donors (Lipinski definition) is 2. The van der Waals surface area contributed by atoms with Crippen LogP contribution >= 0.6 is 0 Å². The Kier molecular flexibility index (Phi) is 5.63. The van der Waals surface area contributed by atoms with Crippen LogP contribution in [0, 0.1) is 0 Å². The van der Waals surface area contributed by atoms with Crippen LogP contribution in [0.15, 0.2) is 18.2 Å². The first-order valence-electron chi connectivity index (χ1n) is 6.22. The van der Waals surface area contributed by atoms with Gasteiger partial charge < -0.3 is 19.8 Å². The number of rotatable bonds is 6. The molecule has 0 aliphatic heterocycles. The van der Waals surface area contributed by atoms with Crippen LogP contribution in [0.25, 0.3) is 0 Å². The van der Waals surface area contributed by atoms with Crippen molar-refractivity contribution in [2.24, 2.45) is 0 Å². The third-order valence-corrected chi connectivity index (χ3v) is 2.87. The maximum atomic E-state index is 11.8. The molecule has 5 nitrogen and oxygen atoms in total. The van der Waals surface area contributed by atoms with Gasteiger partial charge in [0.05, 0.1) is 13.2 Å². The molecule has 1 rings (SSSR count). The van der Waals surface area contributed by atoms with Crippen molar-refractivity contribution in [1.82, 2.24) is 4.90 Å².